The molecule has 0 bridgehead atoms. The summed E-state index contributed by atoms with van der Waals surface area (Å²) in [6.07, 6.45) is 2.99. The van der Waals surface area contributed by atoms with Gasteiger partial charge in [0.05, 0.1) is 24.6 Å². The smallest absolute Gasteiger partial charge is 0.494 e. The van der Waals surface area contributed by atoms with Crippen LogP contribution in [0.1, 0.15) is 37.0 Å². The lowest BCUT2D eigenvalue weighted by Gasteiger charge is -2.20. The summed E-state index contributed by atoms with van der Waals surface area (Å²) in [6, 6.07) is 16.3. The number of halogens is 1. The molecule has 10 heteroatoms. The van der Waals surface area contributed by atoms with Crippen LogP contribution in [0.4, 0.5) is 4.39 Å². The van der Waals surface area contributed by atoms with Gasteiger partial charge in [-0.25, -0.2) is 4.39 Å². The minimum atomic E-state index is -1.05. The van der Waals surface area contributed by atoms with Crippen LogP contribution in [0.15, 0.2) is 78.9 Å². The van der Waals surface area contributed by atoms with E-state index < -0.39 is 18.5 Å². The zero-order valence-electron chi connectivity index (χ0n) is 23.8. The van der Waals surface area contributed by atoms with Crippen molar-refractivity contribution in [3.05, 3.63) is 101 Å². The first-order valence-electron chi connectivity index (χ1n) is 13.2. The number of aliphatic hydroxyl groups is 3. The normalized spacial score (nSPS) is 15.1. The van der Waals surface area contributed by atoms with Crippen molar-refractivity contribution >= 4 is 12.6 Å². The molecule has 1 aliphatic heterocycles. The SMILES string of the molecule is Cc1cc(OCCC(C)(C)O)c(F)c(C)c1-c1cccc(COc2ccc(B3OC(O)=CN(C)/C=C(/O)O3)cc2)c1. The van der Waals surface area contributed by atoms with Gasteiger partial charge < -0.3 is 39.0 Å². The lowest BCUT2D eigenvalue weighted by Crippen LogP contribution is -2.37. The van der Waals surface area contributed by atoms with E-state index in [0.717, 1.165) is 22.3 Å². The van der Waals surface area contributed by atoms with Gasteiger partial charge in [0.2, 0.25) is 0 Å². The van der Waals surface area contributed by atoms with Crippen LogP contribution in [0.25, 0.3) is 11.1 Å². The zero-order valence-corrected chi connectivity index (χ0v) is 23.8. The van der Waals surface area contributed by atoms with Crippen molar-refractivity contribution in [2.24, 2.45) is 0 Å². The Bertz CT molecular complexity index is 1410. The fourth-order valence-electron chi connectivity index (χ4n) is 4.41. The lowest BCUT2D eigenvalue weighted by atomic mass is 9.79. The maximum Gasteiger partial charge on any atom is 0.636 e. The average molecular weight is 563 g/mol. The number of ether oxygens (including phenoxy) is 2. The van der Waals surface area contributed by atoms with Gasteiger partial charge in [0.25, 0.3) is 11.9 Å². The topological polar surface area (TPSA) is 101 Å². The van der Waals surface area contributed by atoms with Crippen LogP contribution in [-0.4, -0.2) is 46.6 Å². The summed E-state index contributed by atoms with van der Waals surface area (Å²) < 4.78 is 37.6. The fourth-order valence-corrected chi connectivity index (χ4v) is 4.41. The molecule has 0 fully saturated rings. The summed E-state index contributed by atoms with van der Waals surface area (Å²) >= 11 is 0. The highest BCUT2D eigenvalue weighted by Gasteiger charge is 2.29. The fraction of sp³-hybridized carbons (Fsp3) is 0.290. The Morgan fingerprint density at radius 3 is 2.24 bits per heavy atom. The molecule has 0 radical (unpaired) electrons. The second-order valence-electron chi connectivity index (χ2n) is 10.6. The molecule has 3 N–H and O–H groups in total. The summed E-state index contributed by atoms with van der Waals surface area (Å²) in [5, 5.41) is 29.8. The highest BCUT2D eigenvalue weighted by molar-refractivity contribution is 6.61. The molecular weight excluding hydrogens is 528 g/mol. The second kappa shape index (κ2) is 12.5. The minimum Gasteiger partial charge on any atom is -0.494 e. The highest BCUT2D eigenvalue weighted by atomic mass is 19.1. The number of aryl methyl sites for hydroxylation is 1. The van der Waals surface area contributed by atoms with Gasteiger partial charge >= 0.3 is 7.12 Å². The quantitative estimate of drug-likeness (QED) is 0.289. The molecule has 0 spiro atoms. The molecule has 0 aromatic heterocycles. The van der Waals surface area contributed by atoms with Crippen molar-refractivity contribution in [1.29, 1.82) is 0 Å². The molecule has 216 valence electrons. The molecule has 1 aliphatic rings. The number of hydrogen-bond acceptors (Lipinski definition) is 8. The van der Waals surface area contributed by atoms with Gasteiger partial charge in [-0.1, -0.05) is 30.3 Å². The predicted octanol–water partition coefficient (Wildman–Crippen LogP) is 5.62. The first kappa shape index (κ1) is 29.7. The van der Waals surface area contributed by atoms with Crippen molar-refractivity contribution < 1.29 is 38.5 Å². The zero-order chi connectivity index (χ0) is 29.7. The molecule has 0 amide bonds. The van der Waals surface area contributed by atoms with E-state index in [2.05, 4.69) is 0 Å². The van der Waals surface area contributed by atoms with Gasteiger partial charge in [0, 0.05) is 18.9 Å². The van der Waals surface area contributed by atoms with Crippen LogP contribution in [0.2, 0.25) is 0 Å². The van der Waals surface area contributed by atoms with Gasteiger partial charge in [0.1, 0.15) is 12.4 Å². The van der Waals surface area contributed by atoms with Gasteiger partial charge in [-0.15, -0.1) is 0 Å². The predicted molar refractivity (Wildman–Crippen MR) is 155 cm³/mol. The molecule has 4 rings (SSSR count). The maximum absolute atomic E-state index is 15.2. The van der Waals surface area contributed by atoms with Gasteiger partial charge in [0.15, 0.2) is 11.6 Å². The second-order valence-corrected chi connectivity index (χ2v) is 10.6. The van der Waals surface area contributed by atoms with E-state index in [1.54, 1.807) is 58.2 Å². The van der Waals surface area contributed by atoms with E-state index in [-0.39, 0.29) is 30.9 Å². The van der Waals surface area contributed by atoms with Gasteiger partial charge in [-0.3, -0.25) is 0 Å². The first-order chi connectivity index (χ1) is 19.4. The van der Waals surface area contributed by atoms with Crippen molar-refractivity contribution in [3.63, 3.8) is 0 Å². The minimum absolute atomic E-state index is 0.177. The van der Waals surface area contributed by atoms with Crippen LogP contribution in [0, 0.1) is 19.7 Å². The van der Waals surface area contributed by atoms with Crippen molar-refractivity contribution in [1.82, 2.24) is 4.90 Å². The molecule has 0 saturated heterocycles. The van der Waals surface area contributed by atoms with Gasteiger partial charge in [-0.2, -0.15) is 0 Å². The molecule has 3 aromatic carbocycles. The third-order valence-electron chi connectivity index (χ3n) is 6.49. The van der Waals surface area contributed by atoms with E-state index in [9.17, 15) is 15.3 Å². The standard InChI is InChI=1S/C31H35BFNO7/c1-20-15-26(38-14-13-31(3,4)37)30(33)21(2)29(20)23-8-6-7-22(16-23)19-39-25-11-9-24(10-12-25)32-40-27(35)17-34(5)18-28(36)41-32/h6-12,15-18,35-37H,13-14,19H2,1-5H3/b27-17-,28-18?. The molecular formula is C31H35BFNO7. The van der Waals surface area contributed by atoms with Crippen molar-refractivity contribution in [3.8, 4) is 22.6 Å². The van der Waals surface area contributed by atoms with Crippen molar-refractivity contribution in [2.45, 2.75) is 46.3 Å². The van der Waals surface area contributed by atoms with Crippen LogP contribution in [0.5, 0.6) is 11.5 Å². The average Bonchev–Trinajstić information content (AvgIpc) is 2.89. The van der Waals surface area contributed by atoms with E-state index in [1.165, 1.54) is 17.3 Å². The molecule has 3 aromatic rings. The third kappa shape index (κ3) is 7.88. The van der Waals surface area contributed by atoms with Crippen LogP contribution in [0.3, 0.4) is 0 Å². The Balaban J connectivity index is 1.44. The molecule has 8 nitrogen and oxygen atoms in total. The van der Waals surface area contributed by atoms with Gasteiger partial charge in [-0.05, 0) is 79.8 Å². The van der Waals surface area contributed by atoms with Crippen LogP contribution >= 0.6 is 0 Å². The molecule has 0 atom stereocenters. The number of hydrogen-bond donors (Lipinski definition) is 3. The summed E-state index contributed by atoms with van der Waals surface area (Å²) in [5.41, 5.74) is 3.60. The van der Waals surface area contributed by atoms with Crippen LogP contribution in [-0.2, 0) is 15.9 Å². The molecule has 1 heterocycles. The summed E-state index contributed by atoms with van der Waals surface area (Å²) in [5.74, 6) is -0.370. The Hall–Kier alpha value is -4.31. The summed E-state index contributed by atoms with van der Waals surface area (Å²) in [6.45, 7) is 7.52. The largest absolute Gasteiger partial charge is 0.636 e. The number of nitrogens with zero attached hydrogens (tertiary/aromatic N) is 1. The lowest BCUT2D eigenvalue weighted by molar-refractivity contribution is 0.0547. The third-order valence-corrected chi connectivity index (χ3v) is 6.49. The van der Waals surface area contributed by atoms with E-state index in [0.29, 0.717) is 23.2 Å². The summed E-state index contributed by atoms with van der Waals surface area (Å²) in [4.78, 5) is 1.40. The van der Waals surface area contributed by atoms with E-state index in [4.69, 9.17) is 18.8 Å². The Kier molecular flexibility index (Phi) is 9.03. The van der Waals surface area contributed by atoms with Crippen LogP contribution < -0.4 is 14.9 Å². The number of aliphatic hydroxyl groups excluding tert-OH is 2. The van der Waals surface area contributed by atoms with E-state index >= 15 is 4.39 Å². The Morgan fingerprint density at radius 1 is 0.951 bits per heavy atom. The van der Waals surface area contributed by atoms with Crippen molar-refractivity contribution in [2.75, 3.05) is 13.7 Å². The monoisotopic (exact) mass is 563 g/mol. The maximum atomic E-state index is 15.2. The highest BCUT2D eigenvalue weighted by Crippen LogP contribution is 2.35. The number of benzene rings is 3. The Labute approximate surface area is 240 Å². The molecule has 0 unspecified atom stereocenters. The first-order valence-corrected chi connectivity index (χ1v) is 13.2. The number of rotatable bonds is 9. The molecule has 0 aliphatic carbocycles. The molecule has 0 saturated carbocycles. The molecule has 41 heavy (non-hydrogen) atoms. The van der Waals surface area contributed by atoms with E-state index in [1.807, 2.05) is 31.2 Å². The summed E-state index contributed by atoms with van der Waals surface area (Å²) in [7, 11) is 0.558. The Morgan fingerprint density at radius 2 is 1.61 bits per heavy atom.